The molecule has 0 N–H and O–H groups in total. The molecule has 78 heavy (non-hydrogen) atoms. The van der Waals surface area contributed by atoms with Crippen LogP contribution in [0.1, 0.15) is 335 Å². The van der Waals surface area contributed by atoms with Crippen molar-refractivity contribution in [2.24, 2.45) is 0 Å². The van der Waals surface area contributed by atoms with Gasteiger partial charge in [-0.15, -0.1) is 0 Å². The zero-order valence-corrected chi connectivity index (χ0v) is 51.7. The fraction of sp³-hybridized carbons (Fsp3) is 0.764. The first-order valence-corrected chi connectivity index (χ1v) is 33.6. The minimum absolute atomic E-state index is 0.0833. The molecule has 0 aliphatic carbocycles. The highest BCUT2D eigenvalue weighted by Crippen LogP contribution is 2.18. The molecule has 1 unspecified atom stereocenters. The molecule has 0 aromatic heterocycles. The minimum Gasteiger partial charge on any atom is -0.462 e. The van der Waals surface area contributed by atoms with Gasteiger partial charge in [0, 0.05) is 19.3 Å². The summed E-state index contributed by atoms with van der Waals surface area (Å²) in [5.41, 5.74) is 0. The second-order valence-electron chi connectivity index (χ2n) is 22.4. The Hall–Kier alpha value is -3.41. The summed E-state index contributed by atoms with van der Waals surface area (Å²) >= 11 is 0. The highest BCUT2D eigenvalue weighted by atomic mass is 16.6. The Kier molecular flexibility index (Phi) is 63.2. The Morgan fingerprint density at radius 2 is 0.500 bits per heavy atom. The molecule has 0 aromatic carbocycles. The number of hydrogen-bond acceptors (Lipinski definition) is 6. The van der Waals surface area contributed by atoms with Gasteiger partial charge in [0.05, 0.1) is 0 Å². The maximum Gasteiger partial charge on any atom is 0.306 e. The molecule has 0 aliphatic heterocycles. The molecule has 0 aliphatic rings. The SMILES string of the molecule is CC/C=C\C/C=C\C/C=C\C/C=C\C/C=C\C/C=C\C/C=C\CCCCCC(=O)OCC(COC(=O)CCCCCCCCCCCC)OC(=O)CCCCCCCCCCCCCCCCCCCCCCCCCCC. The van der Waals surface area contributed by atoms with Crippen LogP contribution in [-0.2, 0) is 28.6 Å². The third kappa shape index (κ3) is 63.4. The van der Waals surface area contributed by atoms with Crippen molar-refractivity contribution >= 4 is 17.9 Å². The second kappa shape index (κ2) is 66.1. The van der Waals surface area contributed by atoms with Crippen LogP contribution in [0, 0.1) is 0 Å². The van der Waals surface area contributed by atoms with Crippen molar-refractivity contribution in [1.82, 2.24) is 0 Å². The van der Waals surface area contributed by atoms with Crippen molar-refractivity contribution in [3.63, 3.8) is 0 Å². The van der Waals surface area contributed by atoms with E-state index in [1.165, 1.54) is 186 Å². The zero-order valence-electron chi connectivity index (χ0n) is 51.7. The number of unbranched alkanes of at least 4 members (excludes halogenated alkanes) is 36. The van der Waals surface area contributed by atoms with Crippen LogP contribution in [0.25, 0.3) is 0 Å². The normalized spacial score (nSPS) is 12.6. The van der Waals surface area contributed by atoms with Gasteiger partial charge in [0.2, 0.25) is 0 Å². The fourth-order valence-electron chi connectivity index (χ4n) is 9.66. The summed E-state index contributed by atoms with van der Waals surface area (Å²) in [4.78, 5) is 38.3. The van der Waals surface area contributed by atoms with Gasteiger partial charge in [-0.1, -0.05) is 324 Å². The van der Waals surface area contributed by atoms with E-state index in [2.05, 4.69) is 106 Å². The van der Waals surface area contributed by atoms with E-state index < -0.39 is 6.10 Å². The highest BCUT2D eigenvalue weighted by Gasteiger charge is 2.19. The van der Waals surface area contributed by atoms with Crippen molar-refractivity contribution in [2.75, 3.05) is 13.2 Å². The van der Waals surface area contributed by atoms with Gasteiger partial charge in [-0.2, -0.15) is 0 Å². The van der Waals surface area contributed by atoms with Crippen LogP contribution in [-0.4, -0.2) is 37.2 Å². The second-order valence-corrected chi connectivity index (χ2v) is 22.4. The lowest BCUT2D eigenvalue weighted by atomic mass is 10.0. The lowest BCUT2D eigenvalue weighted by Gasteiger charge is -2.18. The van der Waals surface area contributed by atoms with Crippen LogP contribution < -0.4 is 0 Å². The van der Waals surface area contributed by atoms with Crippen LogP contribution >= 0.6 is 0 Å². The number of carbonyl (C=O) groups is 3. The number of rotatable bonds is 61. The van der Waals surface area contributed by atoms with Crippen molar-refractivity contribution in [2.45, 2.75) is 341 Å². The summed E-state index contributed by atoms with van der Waals surface area (Å²) in [5.74, 6) is -0.903. The molecule has 6 heteroatoms. The summed E-state index contributed by atoms with van der Waals surface area (Å²) in [6, 6.07) is 0. The van der Waals surface area contributed by atoms with Gasteiger partial charge in [-0.25, -0.2) is 0 Å². The molecule has 0 amide bonds. The molecule has 0 saturated carbocycles. The van der Waals surface area contributed by atoms with Gasteiger partial charge in [0.25, 0.3) is 0 Å². The van der Waals surface area contributed by atoms with Crippen LogP contribution in [0.4, 0.5) is 0 Å². The number of esters is 3. The van der Waals surface area contributed by atoms with Gasteiger partial charge < -0.3 is 14.2 Å². The fourth-order valence-corrected chi connectivity index (χ4v) is 9.66. The first-order chi connectivity index (χ1) is 38.5. The number of ether oxygens (including phenoxy) is 3. The summed E-state index contributed by atoms with van der Waals surface area (Å²) < 4.78 is 16.9. The zero-order chi connectivity index (χ0) is 56.4. The monoisotopic (exact) mass is 1090 g/mol. The quantitative estimate of drug-likeness (QED) is 0.0261. The van der Waals surface area contributed by atoms with E-state index in [-0.39, 0.29) is 31.1 Å². The molecule has 0 heterocycles. The van der Waals surface area contributed by atoms with E-state index in [1.54, 1.807) is 0 Å². The molecule has 450 valence electrons. The average Bonchev–Trinajstić information content (AvgIpc) is 3.44. The lowest BCUT2D eigenvalue weighted by molar-refractivity contribution is -0.167. The summed E-state index contributed by atoms with van der Waals surface area (Å²) in [6.07, 6.45) is 87.5. The highest BCUT2D eigenvalue weighted by molar-refractivity contribution is 5.71. The van der Waals surface area contributed by atoms with Gasteiger partial charge >= 0.3 is 17.9 Å². The van der Waals surface area contributed by atoms with Crippen molar-refractivity contribution in [3.8, 4) is 0 Å². The number of allylic oxidation sites excluding steroid dienone is 14. The van der Waals surface area contributed by atoms with Crippen LogP contribution in [0.2, 0.25) is 0 Å². The topological polar surface area (TPSA) is 78.9 Å². The Labute approximate surface area is 484 Å². The van der Waals surface area contributed by atoms with E-state index >= 15 is 0 Å². The molecule has 0 aromatic rings. The van der Waals surface area contributed by atoms with Gasteiger partial charge in [-0.3, -0.25) is 14.4 Å². The van der Waals surface area contributed by atoms with E-state index in [9.17, 15) is 14.4 Å². The summed E-state index contributed by atoms with van der Waals surface area (Å²) in [7, 11) is 0. The molecular formula is C72H126O6. The van der Waals surface area contributed by atoms with Crippen molar-refractivity contribution < 1.29 is 28.6 Å². The molecule has 1 atom stereocenters. The standard InChI is InChI=1S/C72H126O6/c1-4-7-10-13-16-19-22-24-26-28-30-32-34-36-38-40-42-44-46-48-50-53-56-59-62-65-71(74)77-68-69(67-76-70(73)64-61-58-55-52-21-18-15-12-9-6-3)78-72(75)66-63-60-57-54-51-49-47-45-43-41-39-37-35-33-31-29-27-25-23-20-17-14-11-8-5-2/h7,10,16,19,24,26,30,32,36,38,42,44,48,50,69H,4-6,8-9,11-15,17-18,20-23,25,27-29,31,33-35,37,39-41,43,45-47,49,51-68H2,1-3H3/b10-7-,19-16-,26-24-,32-30-,38-36-,44-42-,50-48-. The lowest BCUT2D eigenvalue weighted by Crippen LogP contribution is -2.30. The number of hydrogen-bond donors (Lipinski definition) is 0. The van der Waals surface area contributed by atoms with Crippen LogP contribution in [0.3, 0.4) is 0 Å². The molecule has 0 bridgehead atoms. The maximum atomic E-state index is 12.9. The third-order valence-corrected chi connectivity index (χ3v) is 14.7. The molecular weight excluding hydrogens is 961 g/mol. The summed E-state index contributed by atoms with van der Waals surface area (Å²) in [6.45, 7) is 6.53. The molecule has 0 radical (unpaired) electrons. The average molecular weight is 1090 g/mol. The maximum absolute atomic E-state index is 12.9. The third-order valence-electron chi connectivity index (χ3n) is 14.7. The van der Waals surface area contributed by atoms with E-state index in [0.717, 1.165) is 109 Å². The Bertz CT molecular complexity index is 1480. The predicted molar refractivity (Wildman–Crippen MR) is 339 cm³/mol. The smallest absolute Gasteiger partial charge is 0.306 e. The van der Waals surface area contributed by atoms with E-state index in [4.69, 9.17) is 14.2 Å². The Morgan fingerprint density at radius 3 is 0.782 bits per heavy atom. The van der Waals surface area contributed by atoms with Crippen LogP contribution in [0.15, 0.2) is 85.1 Å². The largest absolute Gasteiger partial charge is 0.462 e. The Balaban J connectivity index is 4.27. The van der Waals surface area contributed by atoms with E-state index in [1.807, 2.05) is 0 Å². The minimum atomic E-state index is -0.788. The molecule has 6 nitrogen and oxygen atoms in total. The van der Waals surface area contributed by atoms with Crippen molar-refractivity contribution in [3.05, 3.63) is 85.1 Å². The van der Waals surface area contributed by atoms with Gasteiger partial charge in [0.1, 0.15) is 13.2 Å². The van der Waals surface area contributed by atoms with Crippen LogP contribution in [0.5, 0.6) is 0 Å². The molecule has 0 fully saturated rings. The molecule has 0 rings (SSSR count). The summed E-state index contributed by atoms with van der Waals surface area (Å²) in [5, 5.41) is 0. The predicted octanol–water partition coefficient (Wildman–Crippen LogP) is 23.1. The molecule has 0 saturated heterocycles. The number of carbonyl (C=O) groups excluding carboxylic acids is 3. The first kappa shape index (κ1) is 74.6. The van der Waals surface area contributed by atoms with Crippen molar-refractivity contribution in [1.29, 1.82) is 0 Å². The van der Waals surface area contributed by atoms with E-state index in [0.29, 0.717) is 19.3 Å². The Morgan fingerprint density at radius 1 is 0.269 bits per heavy atom. The first-order valence-electron chi connectivity index (χ1n) is 33.6. The van der Waals surface area contributed by atoms with Gasteiger partial charge in [-0.05, 0) is 77.0 Å². The molecule has 0 spiro atoms. The van der Waals surface area contributed by atoms with Gasteiger partial charge in [0.15, 0.2) is 6.10 Å².